The number of benzene rings is 2. The van der Waals surface area contributed by atoms with E-state index in [1.807, 2.05) is 24.3 Å². The van der Waals surface area contributed by atoms with Gasteiger partial charge in [0, 0.05) is 18.8 Å². The Morgan fingerprint density at radius 1 is 1.00 bits per heavy atom. The van der Waals surface area contributed by atoms with Crippen LogP contribution in [0.4, 0.5) is 5.69 Å². The van der Waals surface area contributed by atoms with Gasteiger partial charge in [0.25, 0.3) is 0 Å². The first-order valence-corrected chi connectivity index (χ1v) is 6.88. The summed E-state index contributed by atoms with van der Waals surface area (Å²) in [5.41, 5.74) is 3.32. The molecular weight excluding hydrogens is 248 g/mol. The van der Waals surface area contributed by atoms with Crippen molar-refractivity contribution in [2.45, 2.75) is 20.0 Å². The molecule has 0 saturated carbocycles. The molecule has 1 N–H and O–H groups in total. The second kappa shape index (κ2) is 7.46. The van der Waals surface area contributed by atoms with Crippen molar-refractivity contribution in [1.29, 1.82) is 0 Å². The SMILES string of the molecule is CCN(Cc1ccccc1)Cc1ccccc1NC=O. The van der Waals surface area contributed by atoms with Gasteiger partial charge in [-0.05, 0) is 23.7 Å². The molecule has 104 valence electrons. The molecule has 0 radical (unpaired) electrons. The summed E-state index contributed by atoms with van der Waals surface area (Å²) in [5.74, 6) is 0. The van der Waals surface area contributed by atoms with Crippen molar-refractivity contribution < 1.29 is 4.79 Å². The van der Waals surface area contributed by atoms with Gasteiger partial charge in [-0.3, -0.25) is 9.69 Å². The Hall–Kier alpha value is -2.13. The fraction of sp³-hybridized carbons (Fsp3) is 0.235. The Morgan fingerprint density at radius 2 is 1.70 bits per heavy atom. The third-order valence-corrected chi connectivity index (χ3v) is 3.32. The molecule has 0 aliphatic carbocycles. The van der Waals surface area contributed by atoms with E-state index in [9.17, 15) is 4.79 Å². The zero-order chi connectivity index (χ0) is 14.2. The van der Waals surface area contributed by atoms with Crippen LogP contribution in [0, 0.1) is 0 Å². The maximum absolute atomic E-state index is 10.6. The van der Waals surface area contributed by atoms with E-state index < -0.39 is 0 Å². The van der Waals surface area contributed by atoms with E-state index >= 15 is 0 Å². The van der Waals surface area contributed by atoms with Crippen molar-refractivity contribution in [3.05, 3.63) is 65.7 Å². The lowest BCUT2D eigenvalue weighted by Gasteiger charge is -2.22. The third-order valence-electron chi connectivity index (χ3n) is 3.32. The summed E-state index contributed by atoms with van der Waals surface area (Å²) < 4.78 is 0. The number of anilines is 1. The Kier molecular flexibility index (Phi) is 5.33. The second-order valence-corrected chi connectivity index (χ2v) is 4.71. The van der Waals surface area contributed by atoms with Crippen LogP contribution in [0.5, 0.6) is 0 Å². The predicted molar refractivity (Wildman–Crippen MR) is 82.4 cm³/mol. The Labute approximate surface area is 120 Å². The van der Waals surface area contributed by atoms with Crippen LogP contribution >= 0.6 is 0 Å². The van der Waals surface area contributed by atoms with Crippen molar-refractivity contribution in [2.75, 3.05) is 11.9 Å². The third kappa shape index (κ3) is 3.93. The van der Waals surface area contributed by atoms with Gasteiger partial charge in [0.15, 0.2) is 0 Å². The molecule has 0 aliphatic heterocycles. The lowest BCUT2D eigenvalue weighted by atomic mass is 10.1. The lowest BCUT2D eigenvalue weighted by Crippen LogP contribution is -2.22. The van der Waals surface area contributed by atoms with Crippen molar-refractivity contribution in [3.8, 4) is 0 Å². The number of hydrogen-bond donors (Lipinski definition) is 1. The summed E-state index contributed by atoms with van der Waals surface area (Å²) in [6, 6.07) is 18.3. The van der Waals surface area contributed by atoms with Crippen LogP contribution in [0.3, 0.4) is 0 Å². The highest BCUT2D eigenvalue weighted by atomic mass is 16.1. The summed E-state index contributed by atoms with van der Waals surface area (Å²) in [7, 11) is 0. The van der Waals surface area contributed by atoms with E-state index in [1.54, 1.807) is 0 Å². The number of nitrogens with zero attached hydrogens (tertiary/aromatic N) is 1. The van der Waals surface area contributed by atoms with Gasteiger partial charge in [-0.25, -0.2) is 0 Å². The molecular formula is C17H20N2O. The van der Waals surface area contributed by atoms with Crippen LogP contribution in [-0.4, -0.2) is 17.9 Å². The molecule has 0 unspecified atom stereocenters. The van der Waals surface area contributed by atoms with Crippen molar-refractivity contribution in [3.63, 3.8) is 0 Å². The van der Waals surface area contributed by atoms with Gasteiger partial charge in [0.1, 0.15) is 0 Å². The smallest absolute Gasteiger partial charge is 0.211 e. The fourth-order valence-electron chi connectivity index (χ4n) is 2.22. The molecule has 0 fully saturated rings. The van der Waals surface area contributed by atoms with E-state index in [0.717, 1.165) is 37.3 Å². The number of hydrogen-bond acceptors (Lipinski definition) is 2. The van der Waals surface area contributed by atoms with Crippen LogP contribution in [0.25, 0.3) is 0 Å². The van der Waals surface area contributed by atoms with Gasteiger partial charge in [-0.1, -0.05) is 55.5 Å². The van der Waals surface area contributed by atoms with Crippen LogP contribution in [0.1, 0.15) is 18.1 Å². The van der Waals surface area contributed by atoms with E-state index in [1.165, 1.54) is 5.56 Å². The summed E-state index contributed by atoms with van der Waals surface area (Å²) in [5, 5.41) is 2.76. The molecule has 20 heavy (non-hydrogen) atoms. The molecule has 0 bridgehead atoms. The lowest BCUT2D eigenvalue weighted by molar-refractivity contribution is -0.105. The van der Waals surface area contributed by atoms with Gasteiger partial charge < -0.3 is 5.32 Å². The first-order chi connectivity index (χ1) is 9.83. The average Bonchev–Trinajstić information content (AvgIpc) is 2.50. The molecule has 2 aromatic rings. The van der Waals surface area contributed by atoms with Gasteiger partial charge in [0.05, 0.1) is 0 Å². The number of para-hydroxylation sites is 1. The highest BCUT2D eigenvalue weighted by Crippen LogP contribution is 2.17. The van der Waals surface area contributed by atoms with E-state index in [-0.39, 0.29) is 0 Å². The second-order valence-electron chi connectivity index (χ2n) is 4.71. The molecule has 2 aromatic carbocycles. The molecule has 2 rings (SSSR count). The normalized spacial score (nSPS) is 10.5. The highest BCUT2D eigenvalue weighted by Gasteiger charge is 2.07. The number of amides is 1. The Morgan fingerprint density at radius 3 is 2.40 bits per heavy atom. The minimum Gasteiger partial charge on any atom is -0.328 e. The molecule has 0 aliphatic rings. The molecule has 1 amide bonds. The summed E-state index contributed by atoms with van der Waals surface area (Å²) in [4.78, 5) is 13.0. The Balaban J connectivity index is 2.08. The van der Waals surface area contributed by atoms with Crippen molar-refractivity contribution in [2.24, 2.45) is 0 Å². The number of nitrogens with one attached hydrogen (secondary N) is 1. The number of carbonyl (C=O) groups is 1. The maximum Gasteiger partial charge on any atom is 0.211 e. The van der Waals surface area contributed by atoms with Crippen LogP contribution in [0.15, 0.2) is 54.6 Å². The van der Waals surface area contributed by atoms with Crippen molar-refractivity contribution in [1.82, 2.24) is 4.90 Å². The van der Waals surface area contributed by atoms with E-state index in [4.69, 9.17) is 0 Å². The molecule has 0 saturated heterocycles. The van der Waals surface area contributed by atoms with Crippen LogP contribution in [-0.2, 0) is 17.9 Å². The summed E-state index contributed by atoms with van der Waals surface area (Å²) in [6.45, 7) is 4.85. The number of rotatable bonds is 7. The topological polar surface area (TPSA) is 32.3 Å². The zero-order valence-corrected chi connectivity index (χ0v) is 11.8. The molecule has 0 aromatic heterocycles. The van der Waals surface area contributed by atoms with Crippen LogP contribution < -0.4 is 5.32 Å². The monoisotopic (exact) mass is 268 g/mol. The minimum atomic E-state index is 0.728. The first-order valence-electron chi connectivity index (χ1n) is 6.88. The van der Waals surface area contributed by atoms with E-state index in [2.05, 4.69) is 47.5 Å². The maximum atomic E-state index is 10.6. The van der Waals surface area contributed by atoms with Gasteiger partial charge in [-0.2, -0.15) is 0 Å². The van der Waals surface area contributed by atoms with Crippen LogP contribution in [0.2, 0.25) is 0 Å². The quantitative estimate of drug-likeness (QED) is 0.782. The fourth-order valence-corrected chi connectivity index (χ4v) is 2.22. The molecule has 3 heteroatoms. The highest BCUT2D eigenvalue weighted by molar-refractivity contribution is 5.73. The first kappa shape index (κ1) is 14.3. The van der Waals surface area contributed by atoms with E-state index in [0.29, 0.717) is 0 Å². The molecule has 0 spiro atoms. The van der Waals surface area contributed by atoms with Gasteiger partial charge in [0.2, 0.25) is 6.41 Å². The predicted octanol–water partition coefficient (Wildman–Crippen LogP) is 3.28. The largest absolute Gasteiger partial charge is 0.328 e. The minimum absolute atomic E-state index is 0.728. The Bertz CT molecular complexity index is 540. The average molecular weight is 268 g/mol. The van der Waals surface area contributed by atoms with Gasteiger partial charge in [-0.15, -0.1) is 0 Å². The van der Waals surface area contributed by atoms with Gasteiger partial charge >= 0.3 is 0 Å². The van der Waals surface area contributed by atoms with Crippen molar-refractivity contribution >= 4 is 12.1 Å². The summed E-state index contributed by atoms with van der Waals surface area (Å²) >= 11 is 0. The standard InChI is InChI=1S/C17H20N2O/c1-2-19(12-15-8-4-3-5-9-15)13-16-10-6-7-11-17(16)18-14-20/h3-11,14H,2,12-13H2,1H3,(H,18,20). The number of carbonyl (C=O) groups excluding carboxylic acids is 1. The summed E-state index contributed by atoms with van der Waals surface area (Å²) in [6.07, 6.45) is 0.728. The molecule has 0 heterocycles. The zero-order valence-electron chi connectivity index (χ0n) is 11.8. The molecule has 0 atom stereocenters. The molecule has 3 nitrogen and oxygen atoms in total.